The van der Waals surface area contributed by atoms with Crippen LogP contribution in [0.2, 0.25) is 0 Å². The van der Waals surface area contributed by atoms with E-state index in [-0.39, 0.29) is 35.5 Å². The van der Waals surface area contributed by atoms with E-state index >= 15 is 4.39 Å². The number of carbonyl (C=O) groups excluding carboxylic acids is 1. The third-order valence-corrected chi connectivity index (χ3v) is 10.6. The van der Waals surface area contributed by atoms with E-state index in [1.807, 2.05) is 24.0 Å². The van der Waals surface area contributed by atoms with Gasteiger partial charge < -0.3 is 14.0 Å². The average Bonchev–Trinajstić information content (AvgIpc) is 3.72. The maximum absolute atomic E-state index is 15.9. The first kappa shape index (κ1) is 33.7. The van der Waals surface area contributed by atoms with Crippen LogP contribution in [0.1, 0.15) is 81.2 Å². The zero-order chi connectivity index (χ0) is 33.1. The van der Waals surface area contributed by atoms with E-state index in [2.05, 4.69) is 12.1 Å². The van der Waals surface area contributed by atoms with E-state index in [1.165, 1.54) is 25.3 Å². The number of carbonyl (C=O) groups is 1. The molecule has 2 aromatic carbocycles. The molecule has 1 amide bonds. The van der Waals surface area contributed by atoms with Crippen molar-refractivity contribution in [2.24, 2.45) is 4.99 Å². The van der Waals surface area contributed by atoms with Crippen molar-refractivity contribution in [2.45, 2.75) is 96.2 Å². The fourth-order valence-electron chi connectivity index (χ4n) is 6.30. The highest BCUT2D eigenvalue weighted by Crippen LogP contribution is 2.41. The highest BCUT2D eigenvalue weighted by molar-refractivity contribution is 7.93. The van der Waals surface area contributed by atoms with Gasteiger partial charge in [-0.2, -0.15) is 0 Å². The Labute approximate surface area is 270 Å². The maximum Gasteiger partial charge on any atom is 0.268 e. The predicted molar refractivity (Wildman–Crippen MR) is 173 cm³/mol. The maximum atomic E-state index is 15.9. The summed E-state index contributed by atoms with van der Waals surface area (Å²) in [6.07, 6.45) is 6.17. The fraction of sp³-hybridized carbons (Fsp3) is 0.500. The number of aromatic nitrogens is 1. The minimum atomic E-state index is -4.39. The average molecular weight is 655 g/mol. The summed E-state index contributed by atoms with van der Waals surface area (Å²) in [5, 5.41) is 3.96. The van der Waals surface area contributed by atoms with Crippen LogP contribution in [0.5, 0.6) is 0 Å². The second-order valence-corrected chi connectivity index (χ2v) is 13.8. The monoisotopic (exact) mass is 654 g/mol. The molecule has 0 saturated heterocycles. The number of benzene rings is 2. The van der Waals surface area contributed by atoms with Gasteiger partial charge in [0.15, 0.2) is 5.82 Å². The third kappa shape index (κ3) is 6.34. The van der Waals surface area contributed by atoms with E-state index in [1.54, 1.807) is 19.9 Å². The van der Waals surface area contributed by atoms with Crippen LogP contribution in [0, 0.1) is 19.7 Å². The summed E-state index contributed by atoms with van der Waals surface area (Å²) < 4.78 is 61.6. The molecule has 1 aliphatic carbocycles. The number of nitrogens with zero attached hydrogens (tertiary/aromatic N) is 4. The number of methoxy groups -OCH3 is 1. The predicted octanol–water partition coefficient (Wildman–Crippen LogP) is 6.68. The fourth-order valence-corrected chi connectivity index (χ4v) is 7.90. The molecule has 0 bridgehead atoms. The van der Waals surface area contributed by atoms with E-state index in [0.29, 0.717) is 35.6 Å². The number of amides is 1. The molecule has 2 aliphatic rings. The van der Waals surface area contributed by atoms with Crippen molar-refractivity contribution in [2.75, 3.05) is 24.8 Å². The first-order valence-electron chi connectivity index (χ1n) is 15.9. The third-order valence-electron chi connectivity index (χ3n) is 8.88. The summed E-state index contributed by atoms with van der Waals surface area (Å²) in [6, 6.07) is 9.37. The van der Waals surface area contributed by atoms with Crippen molar-refractivity contribution in [3.8, 4) is 11.1 Å². The number of halogens is 1. The quantitative estimate of drug-likeness (QED) is 0.178. The van der Waals surface area contributed by atoms with Gasteiger partial charge in [-0.3, -0.25) is 14.7 Å². The summed E-state index contributed by atoms with van der Waals surface area (Å²) in [7, 11) is -3.02. The Morgan fingerprint density at radius 2 is 1.89 bits per heavy atom. The molecule has 1 saturated carbocycles. The lowest BCUT2D eigenvalue weighted by Crippen LogP contribution is -2.40. The number of hydrogen-bond acceptors (Lipinski definition) is 8. The number of hydrogen-bond donors (Lipinski definition) is 0. The second kappa shape index (κ2) is 14.0. The summed E-state index contributed by atoms with van der Waals surface area (Å²) in [6.45, 7) is 7.83. The Bertz CT molecular complexity index is 1710. The summed E-state index contributed by atoms with van der Waals surface area (Å²) in [5.74, 6) is 0.687. The van der Waals surface area contributed by atoms with Gasteiger partial charge >= 0.3 is 0 Å². The summed E-state index contributed by atoms with van der Waals surface area (Å²) in [4.78, 5) is 20.3. The van der Waals surface area contributed by atoms with Crippen LogP contribution in [-0.2, 0) is 37.4 Å². The number of ether oxygens (including phenoxy) is 2. The van der Waals surface area contributed by atoms with Crippen molar-refractivity contribution in [1.82, 2.24) is 10.1 Å². The number of aryl methyl sites for hydroxylation is 1. The molecule has 5 rings (SSSR count). The number of sulfonamides is 1. The minimum Gasteiger partial charge on any atom is -0.377 e. The molecule has 0 N–H and O–H groups in total. The molecule has 1 fully saturated rings. The molecule has 1 aromatic heterocycles. The lowest BCUT2D eigenvalue weighted by molar-refractivity contribution is -0.131. The van der Waals surface area contributed by atoms with Gasteiger partial charge in [-0.15, -0.1) is 0 Å². The van der Waals surface area contributed by atoms with Gasteiger partial charge in [0.2, 0.25) is 0 Å². The van der Waals surface area contributed by atoms with Gasteiger partial charge in [-0.25, -0.2) is 17.1 Å². The summed E-state index contributed by atoms with van der Waals surface area (Å²) >= 11 is 0. The van der Waals surface area contributed by atoms with Gasteiger partial charge in [-0.1, -0.05) is 55.6 Å². The highest BCUT2D eigenvalue weighted by atomic mass is 32.2. The first-order valence-corrected chi connectivity index (χ1v) is 17.4. The molecule has 0 unspecified atom stereocenters. The molecule has 1 aliphatic heterocycles. The van der Waals surface area contributed by atoms with Crippen molar-refractivity contribution in [3.05, 3.63) is 64.7 Å². The SMILES string of the molecule is CCCCC1=NC2(CCCC2)C(=O)N1Cc1ccc(-c2c(F)cccc2S(=O)(=O)N(COC)c2noc(C)c2C)c(COCC)c1. The number of anilines is 1. The molecule has 46 heavy (non-hydrogen) atoms. The van der Waals surface area contributed by atoms with Crippen molar-refractivity contribution in [3.63, 3.8) is 0 Å². The van der Waals surface area contributed by atoms with Crippen molar-refractivity contribution >= 4 is 27.6 Å². The van der Waals surface area contributed by atoms with Crippen LogP contribution in [0.15, 0.2) is 50.8 Å². The second-order valence-electron chi connectivity index (χ2n) is 12.0. The number of aliphatic imine (C=N–C) groups is 1. The van der Waals surface area contributed by atoms with Crippen molar-refractivity contribution in [1.29, 1.82) is 0 Å². The molecule has 10 nitrogen and oxygen atoms in total. The topological polar surface area (TPSA) is 115 Å². The molecular formula is C34H43FN4O6S. The van der Waals surface area contributed by atoms with Gasteiger partial charge in [0, 0.05) is 31.3 Å². The lowest BCUT2D eigenvalue weighted by atomic mass is 9.96. The van der Waals surface area contributed by atoms with Crippen molar-refractivity contribution < 1.29 is 31.6 Å². The Hall–Kier alpha value is -3.61. The van der Waals surface area contributed by atoms with Gasteiger partial charge in [0.25, 0.3) is 15.9 Å². The molecule has 3 aromatic rings. The molecule has 2 heterocycles. The molecule has 1 spiro atoms. The smallest absolute Gasteiger partial charge is 0.268 e. The highest BCUT2D eigenvalue weighted by Gasteiger charge is 2.49. The van der Waals surface area contributed by atoms with Gasteiger partial charge in [-0.05, 0) is 68.9 Å². The largest absolute Gasteiger partial charge is 0.377 e. The Morgan fingerprint density at radius 3 is 2.54 bits per heavy atom. The first-order chi connectivity index (χ1) is 22.1. The van der Waals surface area contributed by atoms with Crippen LogP contribution in [-0.4, -0.2) is 56.2 Å². The lowest BCUT2D eigenvalue weighted by Gasteiger charge is -2.25. The summed E-state index contributed by atoms with van der Waals surface area (Å²) in [5.41, 5.74) is 1.58. The van der Waals surface area contributed by atoms with E-state index in [9.17, 15) is 13.2 Å². The van der Waals surface area contributed by atoms with Crippen LogP contribution in [0.3, 0.4) is 0 Å². The Morgan fingerprint density at radius 1 is 1.13 bits per heavy atom. The molecular weight excluding hydrogens is 611 g/mol. The molecule has 0 radical (unpaired) electrons. The van der Waals surface area contributed by atoms with Crippen LogP contribution in [0.4, 0.5) is 10.2 Å². The van der Waals surface area contributed by atoms with Gasteiger partial charge in [0.05, 0.1) is 18.0 Å². The zero-order valence-corrected chi connectivity index (χ0v) is 28.1. The Balaban J connectivity index is 1.56. The standard InChI is InChI=1S/C34H43FN4O6S/c1-6-8-14-30-36-34(17-9-10-18-34)33(40)38(30)20-25-15-16-27(26(19-25)21-44-7-2)31-28(35)12-11-13-29(31)46(41,42)39(22-43-5)32-23(3)24(4)45-37-32/h11-13,15-16,19H,6-10,14,17-18,20-22H2,1-5H3. The number of amidine groups is 1. The van der Waals surface area contributed by atoms with Crippen LogP contribution < -0.4 is 4.31 Å². The van der Waals surface area contributed by atoms with Gasteiger partial charge in [0.1, 0.15) is 29.7 Å². The van der Waals surface area contributed by atoms with Crippen LogP contribution >= 0.6 is 0 Å². The van der Waals surface area contributed by atoms with E-state index in [0.717, 1.165) is 60.7 Å². The number of unbranched alkanes of at least 4 members (excludes halogenated alkanes) is 1. The number of rotatable bonds is 14. The van der Waals surface area contributed by atoms with E-state index < -0.39 is 21.4 Å². The molecule has 248 valence electrons. The molecule has 0 atom stereocenters. The van der Waals surface area contributed by atoms with E-state index in [4.69, 9.17) is 19.0 Å². The zero-order valence-electron chi connectivity index (χ0n) is 27.3. The Kier molecular flexibility index (Phi) is 10.3. The molecule has 12 heteroatoms. The van der Waals surface area contributed by atoms with Crippen LogP contribution in [0.25, 0.3) is 11.1 Å². The minimum absolute atomic E-state index is 0.0469. The normalized spacial score (nSPS) is 16.1.